The third kappa shape index (κ3) is 5.97. The number of nitrogens with one attached hydrogen (secondary N) is 1. The van der Waals surface area contributed by atoms with Gasteiger partial charge < -0.3 is 33.9 Å². The van der Waals surface area contributed by atoms with Gasteiger partial charge >= 0.3 is 0 Å². The van der Waals surface area contributed by atoms with E-state index >= 15 is 0 Å². The van der Waals surface area contributed by atoms with Gasteiger partial charge in [0.25, 0.3) is 5.91 Å². The summed E-state index contributed by atoms with van der Waals surface area (Å²) >= 11 is 0. The molecule has 1 aliphatic rings. The summed E-state index contributed by atoms with van der Waals surface area (Å²) in [5.74, 6) is 1.21. The summed E-state index contributed by atoms with van der Waals surface area (Å²) in [4.78, 5) is 28.2. The van der Waals surface area contributed by atoms with E-state index < -0.39 is 5.92 Å². The van der Waals surface area contributed by atoms with Crippen molar-refractivity contribution in [2.45, 2.75) is 12.3 Å². The van der Waals surface area contributed by atoms with Crippen molar-refractivity contribution in [1.29, 1.82) is 0 Å². The van der Waals surface area contributed by atoms with Crippen molar-refractivity contribution in [3.05, 3.63) is 47.5 Å². The predicted molar refractivity (Wildman–Crippen MR) is 131 cm³/mol. The van der Waals surface area contributed by atoms with Gasteiger partial charge in [0.05, 0.1) is 34.4 Å². The Bertz CT molecular complexity index is 984. The molecule has 9 heteroatoms. The molecule has 2 unspecified atom stereocenters. The molecule has 3 rings (SSSR count). The molecule has 1 heterocycles. The zero-order valence-electron chi connectivity index (χ0n) is 21.0. The van der Waals surface area contributed by atoms with Crippen molar-refractivity contribution in [2.75, 3.05) is 61.8 Å². The molecule has 0 saturated carbocycles. The first-order valence-corrected chi connectivity index (χ1v) is 11.5. The second-order valence-corrected chi connectivity index (χ2v) is 8.25. The van der Waals surface area contributed by atoms with Gasteiger partial charge in [-0.1, -0.05) is 0 Å². The molecule has 1 saturated heterocycles. The standard InChI is InChI=1S/C26H34N2O7/c1-31-12-6-11-27-25(29)21-16-28(26(30)17-7-9-19(32-2)10-8-17)15-20(21)18-13-22(33-3)24(35-5)23(14-18)34-4/h7-10,13-14,20-21H,6,11-12,15-16H2,1-5H3,(H,27,29). The second kappa shape index (κ2) is 12.3. The zero-order chi connectivity index (χ0) is 25.4. The fraction of sp³-hybridized carbons (Fsp3) is 0.462. The van der Waals surface area contributed by atoms with E-state index in [4.69, 9.17) is 23.7 Å². The maximum absolute atomic E-state index is 13.3. The molecular formula is C26H34N2O7. The van der Waals surface area contributed by atoms with Gasteiger partial charge in [0.2, 0.25) is 11.7 Å². The van der Waals surface area contributed by atoms with E-state index in [1.54, 1.807) is 64.7 Å². The van der Waals surface area contributed by atoms with E-state index in [0.29, 0.717) is 61.2 Å². The summed E-state index contributed by atoms with van der Waals surface area (Å²) in [5.41, 5.74) is 1.37. The molecule has 9 nitrogen and oxygen atoms in total. The first-order chi connectivity index (χ1) is 17.0. The number of carbonyl (C=O) groups is 2. The summed E-state index contributed by atoms with van der Waals surface area (Å²) in [7, 11) is 7.85. The maximum atomic E-state index is 13.3. The van der Waals surface area contributed by atoms with Crippen molar-refractivity contribution < 1.29 is 33.3 Å². The quantitative estimate of drug-likeness (QED) is 0.488. The molecule has 1 aliphatic heterocycles. The lowest BCUT2D eigenvalue weighted by atomic mass is 9.88. The average Bonchev–Trinajstić information content (AvgIpc) is 3.35. The molecule has 1 fully saturated rings. The summed E-state index contributed by atoms with van der Waals surface area (Å²) < 4.78 is 26.8. The van der Waals surface area contributed by atoms with Crippen molar-refractivity contribution in [3.63, 3.8) is 0 Å². The topological polar surface area (TPSA) is 95.6 Å². The highest BCUT2D eigenvalue weighted by Gasteiger charge is 2.41. The monoisotopic (exact) mass is 486 g/mol. The van der Waals surface area contributed by atoms with Gasteiger partial charge in [0, 0.05) is 44.8 Å². The van der Waals surface area contributed by atoms with Crippen LogP contribution in [0.3, 0.4) is 0 Å². The lowest BCUT2D eigenvalue weighted by Crippen LogP contribution is -2.36. The minimum Gasteiger partial charge on any atom is -0.497 e. The van der Waals surface area contributed by atoms with Crippen LogP contribution in [-0.2, 0) is 9.53 Å². The molecular weight excluding hydrogens is 452 g/mol. The molecule has 0 radical (unpaired) electrons. The number of amides is 2. The molecule has 2 atom stereocenters. The Morgan fingerprint density at radius 2 is 1.57 bits per heavy atom. The highest BCUT2D eigenvalue weighted by atomic mass is 16.5. The number of hydrogen-bond acceptors (Lipinski definition) is 7. The fourth-order valence-corrected chi connectivity index (χ4v) is 4.36. The summed E-state index contributed by atoms with van der Waals surface area (Å²) in [6, 6.07) is 10.7. The van der Waals surface area contributed by atoms with E-state index in [2.05, 4.69) is 5.32 Å². The molecule has 35 heavy (non-hydrogen) atoms. The predicted octanol–water partition coefficient (Wildman–Crippen LogP) is 2.73. The van der Waals surface area contributed by atoms with Crippen molar-refractivity contribution in [2.24, 2.45) is 5.92 Å². The smallest absolute Gasteiger partial charge is 0.253 e. The minimum absolute atomic E-state index is 0.107. The number of likely N-dealkylation sites (tertiary alicyclic amines) is 1. The van der Waals surface area contributed by atoms with Crippen molar-refractivity contribution >= 4 is 11.8 Å². The van der Waals surface area contributed by atoms with Gasteiger partial charge in [-0.05, 0) is 48.4 Å². The number of carbonyl (C=O) groups excluding carboxylic acids is 2. The Hall–Kier alpha value is -3.46. The average molecular weight is 487 g/mol. The summed E-state index contributed by atoms with van der Waals surface area (Å²) in [6.07, 6.45) is 0.707. The molecule has 1 N–H and O–H groups in total. The van der Waals surface area contributed by atoms with E-state index in [9.17, 15) is 9.59 Å². The number of hydrogen-bond donors (Lipinski definition) is 1. The van der Waals surface area contributed by atoms with Crippen LogP contribution < -0.4 is 24.3 Å². The second-order valence-electron chi connectivity index (χ2n) is 8.25. The van der Waals surface area contributed by atoms with Crippen molar-refractivity contribution in [3.8, 4) is 23.0 Å². The lowest BCUT2D eigenvalue weighted by molar-refractivity contribution is -0.125. The van der Waals surface area contributed by atoms with Crippen LogP contribution in [0.5, 0.6) is 23.0 Å². The largest absolute Gasteiger partial charge is 0.497 e. The van der Waals surface area contributed by atoms with Crippen LogP contribution in [0.2, 0.25) is 0 Å². The van der Waals surface area contributed by atoms with Gasteiger partial charge in [-0.15, -0.1) is 0 Å². The van der Waals surface area contributed by atoms with Crippen LogP contribution in [0.4, 0.5) is 0 Å². The molecule has 2 aromatic carbocycles. The number of ether oxygens (including phenoxy) is 5. The number of benzene rings is 2. The van der Waals surface area contributed by atoms with Gasteiger partial charge in [0.15, 0.2) is 11.5 Å². The molecule has 0 aromatic heterocycles. The van der Waals surface area contributed by atoms with E-state index in [0.717, 1.165) is 5.56 Å². The Balaban J connectivity index is 1.91. The Labute approximate surface area is 206 Å². The van der Waals surface area contributed by atoms with E-state index in [1.807, 2.05) is 12.1 Å². The maximum Gasteiger partial charge on any atom is 0.253 e. The summed E-state index contributed by atoms with van der Waals surface area (Å²) in [6.45, 7) is 1.73. The van der Waals surface area contributed by atoms with Crippen LogP contribution in [-0.4, -0.2) is 78.5 Å². The number of nitrogens with zero attached hydrogens (tertiary/aromatic N) is 1. The van der Waals surface area contributed by atoms with Crippen LogP contribution in [0.15, 0.2) is 36.4 Å². The van der Waals surface area contributed by atoms with Crippen LogP contribution in [0.25, 0.3) is 0 Å². The normalized spacial score (nSPS) is 17.1. The van der Waals surface area contributed by atoms with Gasteiger partial charge in [-0.2, -0.15) is 0 Å². The Morgan fingerprint density at radius 1 is 0.914 bits per heavy atom. The van der Waals surface area contributed by atoms with Gasteiger partial charge in [0.1, 0.15) is 5.75 Å². The van der Waals surface area contributed by atoms with Crippen LogP contribution >= 0.6 is 0 Å². The first-order valence-electron chi connectivity index (χ1n) is 11.5. The first kappa shape index (κ1) is 26.2. The van der Waals surface area contributed by atoms with Gasteiger partial charge in [-0.3, -0.25) is 9.59 Å². The fourth-order valence-electron chi connectivity index (χ4n) is 4.36. The number of rotatable bonds is 11. The van der Waals surface area contributed by atoms with Crippen LogP contribution in [0, 0.1) is 5.92 Å². The Kier molecular flexibility index (Phi) is 9.19. The van der Waals surface area contributed by atoms with E-state index in [1.165, 1.54) is 0 Å². The molecule has 0 spiro atoms. The van der Waals surface area contributed by atoms with E-state index in [-0.39, 0.29) is 17.7 Å². The number of methoxy groups -OCH3 is 5. The molecule has 2 amide bonds. The van der Waals surface area contributed by atoms with Crippen molar-refractivity contribution in [1.82, 2.24) is 10.2 Å². The Morgan fingerprint density at radius 3 is 2.11 bits per heavy atom. The summed E-state index contributed by atoms with van der Waals surface area (Å²) in [5, 5.41) is 2.99. The third-order valence-corrected chi connectivity index (χ3v) is 6.22. The van der Waals surface area contributed by atoms with Crippen LogP contribution in [0.1, 0.15) is 28.3 Å². The highest BCUT2D eigenvalue weighted by molar-refractivity contribution is 5.95. The lowest BCUT2D eigenvalue weighted by Gasteiger charge is -2.21. The molecule has 2 aromatic rings. The SMILES string of the molecule is COCCCNC(=O)C1CN(C(=O)c2ccc(OC)cc2)CC1c1cc(OC)c(OC)c(OC)c1. The minimum atomic E-state index is -0.442. The molecule has 0 aliphatic carbocycles. The third-order valence-electron chi connectivity index (χ3n) is 6.22. The molecule has 190 valence electrons. The highest BCUT2D eigenvalue weighted by Crippen LogP contribution is 2.43. The zero-order valence-corrected chi connectivity index (χ0v) is 21.0. The molecule has 0 bridgehead atoms. The van der Waals surface area contributed by atoms with Gasteiger partial charge in [-0.25, -0.2) is 0 Å².